The Labute approximate surface area is 102 Å². The number of piperidine rings is 1. The number of ether oxygens (including phenoxy) is 1. The largest absolute Gasteiger partial charge is 0.443 e. The quantitative estimate of drug-likeness (QED) is 0.652. The highest BCUT2D eigenvalue weighted by atomic mass is 16.6. The summed E-state index contributed by atoms with van der Waals surface area (Å²) in [5.41, 5.74) is -0.550. The first-order valence-corrected chi connectivity index (χ1v) is 6.28. The maximum Gasteiger partial charge on any atom is 0.417 e. The molecule has 2 bridgehead atoms. The fourth-order valence-corrected chi connectivity index (χ4v) is 3.17. The van der Waals surface area contributed by atoms with Crippen LogP contribution < -0.4 is 0 Å². The molecule has 17 heavy (non-hydrogen) atoms. The number of carbonyl (C=O) groups is 2. The molecule has 1 aliphatic heterocycles. The van der Waals surface area contributed by atoms with E-state index in [1.54, 1.807) is 0 Å². The Hall–Kier alpha value is -1.06. The number of carbonyl (C=O) groups excluding carboxylic acids is 2. The summed E-state index contributed by atoms with van der Waals surface area (Å²) in [6.07, 6.45) is 0.428. The summed E-state index contributed by atoms with van der Waals surface area (Å²) in [6.45, 7) is 9.61. The first kappa shape index (κ1) is 12.4. The van der Waals surface area contributed by atoms with Crippen LogP contribution in [0.1, 0.15) is 41.0 Å². The maximum absolute atomic E-state index is 12.1. The molecule has 1 aliphatic carbocycles. The summed E-state index contributed by atoms with van der Waals surface area (Å²) < 4.78 is 5.31. The normalized spacial score (nSPS) is 36.5. The minimum atomic E-state index is -0.550. The Morgan fingerprint density at radius 2 is 1.94 bits per heavy atom. The van der Waals surface area contributed by atoms with E-state index in [2.05, 4.69) is 13.8 Å². The molecular weight excluding hydrogens is 218 g/mol. The number of amides is 2. The van der Waals surface area contributed by atoms with Gasteiger partial charge in [0.25, 0.3) is 0 Å². The van der Waals surface area contributed by atoms with Crippen LogP contribution >= 0.6 is 0 Å². The SMILES string of the molecule is CC1CC2C(=O)N(C(=O)OC(C)(C)C)C1C2C. The van der Waals surface area contributed by atoms with E-state index in [1.165, 1.54) is 4.90 Å². The fourth-order valence-electron chi connectivity index (χ4n) is 3.17. The van der Waals surface area contributed by atoms with Gasteiger partial charge in [-0.25, -0.2) is 9.69 Å². The molecule has 4 unspecified atom stereocenters. The number of hydrogen-bond donors (Lipinski definition) is 0. The van der Waals surface area contributed by atoms with Gasteiger partial charge < -0.3 is 4.74 Å². The summed E-state index contributed by atoms with van der Waals surface area (Å²) in [5, 5.41) is 0. The first-order chi connectivity index (χ1) is 7.72. The lowest BCUT2D eigenvalue weighted by atomic mass is 10.00. The zero-order chi connectivity index (χ0) is 13.0. The van der Waals surface area contributed by atoms with Gasteiger partial charge >= 0.3 is 6.09 Å². The molecule has 96 valence electrons. The standard InChI is InChI=1S/C13H21NO3/c1-7-6-9-8(2)10(7)14(11(9)15)12(16)17-13(3,4)5/h7-10H,6H2,1-5H3. The van der Waals surface area contributed by atoms with Crippen molar-refractivity contribution in [3.8, 4) is 0 Å². The molecular formula is C13H21NO3. The molecule has 1 saturated carbocycles. The van der Waals surface area contributed by atoms with Crippen LogP contribution in [0.2, 0.25) is 0 Å². The van der Waals surface area contributed by atoms with E-state index in [1.807, 2.05) is 20.8 Å². The zero-order valence-electron chi connectivity index (χ0n) is 11.2. The average Bonchev–Trinajstić information content (AvgIpc) is 2.53. The van der Waals surface area contributed by atoms with Gasteiger partial charge in [0, 0.05) is 12.0 Å². The number of hydrogen-bond acceptors (Lipinski definition) is 3. The Morgan fingerprint density at radius 3 is 2.41 bits per heavy atom. The second kappa shape index (κ2) is 3.72. The Kier molecular flexibility index (Phi) is 2.71. The predicted octanol–water partition coefficient (Wildman–Crippen LogP) is 2.42. The van der Waals surface area contributed by atoms with Crippen molar-refractivity contribution >= 4 is 12.0 Å². The van der Waals surface area contributed by atoms with Gasteiger partial charge in [0.15, 0.2) is 0 Å². The molecule has 2 aliphatic rings. The van der Waals surface area contributed by atoms with E-state index in [-0.39, 0.29) is 23.8 Å². The van der Waals surface area contributed by atoms with E-state index in [4.69, 9.17) is 4.74 Å². The Morgan fingerprint density at radius 1 is 1.35 bits per heavy atom. The molecule has 0 N–H and O–H groups in total. The summed E-state index contributed by atoms with van der Waals surface area (Å²) >= 11 is 0. The highest BCUT2D eigenvalue weighted by molar-refractivity contribution is 5.96. The van der Waals surface area contributed by atoms with Crippen molar-refractivity contribution in [3.05, 3.63) is 0 Å². The van der Waals surface area contributed by atoms with Crippen LogP contribution in [0.15, 0.2) is 0 Å². The van der Waals surface area contributed by atoms with Crippen LogP contribution in [0.25, 0.3) is 0 Å². The summed E-state index contributed by atoms with van der Waals surface area (Å²) in [7, 11) is 0. The van der Waals surface area contributed by atoms with Crippen LogP contribution in [0, 0.1) is 17.8 Å². The smallest absolute Gasteiger partial charge is 0.417 e. The third-order valence-electron chi connectivity index (χ3n) is 3.83. The third kappa shape index (κ3) is 1.94. The number of likely N-dealkylation sites (tertiary alicyclic amines) is 1. The Bertz CT molecular complexity index is 358. The molecule has 0 aromatic carbocycles. The molecule has 0 spiro atoms. The van der Waals surface area contributed by atoms with Crippen molar-refractivity contribution in [1.29, 1.82) is 0 Å². The van der Waals surface area contributed by atoms with E-state index in [0.717, 1.165) is 6.42 Å². The lowest BCUT2D eigenvalue weighted by molar-refractivity contribution is -0.134. The second-order valence-electron chi connectivity index (χ2n) is 6.36. The zero-order valence-corrected chi connectivity index (χ0v) is 11.2. The molecule has 0 aromatic rings. The molecule has 4 atom stereocenters. The van der Waals surface area contributed by atoms with Crippen LogP contribution in [-0.4, -0.2) is 28.5 Å². The molecule has 2 fully saturated rings. The third-order valence-corrected chi connectivity index (χ3v) is 3.83. The average molecular weight is 239 g/mol. The molecule has 0 radical (unpaired) electrons. The lowest BCUT2D eigenvalue weighted by Crippen LogP contribution is -2.47. The first-order valence-electron chi connectivity index (χ1n) is 6.28. The van der Waals surface area contributed by atoms with Crippen molar-refractivity contribution < 1.29 is 14.3 Å². The molecule has 1 saturated heterocycles. The summed E-state index contributed by atoms with van der Waals surface area (Å²) in [5.74, 6) is 0.627. The van der Waals surface area contributed by atoms with Gasteiger partial charge in [-0.05, 0) is 39.0 Å². The van der Waals surface area contributed by atoms with Gasteiger partial charge in [0.05, 0.1) is 0 Å². The van der Waals surface area contributed by atoms with Crippen LogP contribution in [0.5, 0.6) is 0 Å². The lowest BCUT2D eigenvalue weighted by Gasteiger charge is -2.32. The van der Waals surface area contributed by atoms with Crippen molar-refractivity contribution in [2.45, 2.75) is 52.7 Å². The van der Waals surface area contributed by atoms with Gasteiger partial charge in [-0.15, -0.1) is 0 Å². The number of nitrogens with zero attached hydrogens (tertiary/aromatic N) is 1. The van der Waals surface area contributed by atoms with Gasteiger partial charge in [0.1, 0.15) is 5.60 Å². The molecule has 4 heteroatoms. The van der Waals surface area contributed by atoms with Gasteiger partial charge in [0.2, 0.25) is 5.91 Å². The van der Waals surface area contributed by atoms with E-state index in [0.29, 0.717) is 5.92 Å². The summed E-state index contributed by atoms with van der Waals surface area (Å²) in [6, 6.07) is 0.0300. The van der Waals surface area contributed by atoms with Crippen molar-refractivity contribution in [2.24, 2.45) is 17.8 Å². The van der Waals surface area contributed by atoms with Crippen molar-refractivity contribution in [1.82, 2.24) is 4.90 Å². The Balaban J connectivity index is 2.17. The van der Waals surface area contributed by atoms with Crippen LogP contribution in [0.4, 0.5) is 4.79 Å². The minimum absolute atomic E-state index is 0.0162. The fraction of sp³-hybridized carbons (Fsp3) is 0.846. The monoisotopic (exact) mass is 239 g/mol. The summed E-state index contributed by atoms with van der Waals surface area (Å²) in [4.78, 5) is 25.5. The van der Waals surface area contributed by atoms with Gasteiger partial charge in [-0.1, -0.05) is 13.8 Å². The van der Waals surface area contributed by atoms with Crippen molar-refractivity contribution in [3.63, 3.8) is 0 Å². The minimum Gasteiger partial charge on any atom is -0.443 e. The van der Waals surface area contributed by atoms with E-state index in [9.17, 15) is 9.59 Å². The maximum atomic E-state index is 12.1. The molecule has 1 heterocycles. The number of imide groups is 1. The highest BCUT2D eigenvalue weighted by Crippen LogP contribution is 2.47. The molecule has 2 amide bonds. The molecule has 0 aromatic heterocycles. The van der Waals surface area contributed by atoms with Crippen molar-refractivity contribution in [2.75, 3.05) is 0 Å². The van der Waals surface area contributed by atoms with E-state index >= 15 is 0 Å². The van der Waals surface area contributed by atoms with Crippen LogP contribution in [-0.2, 0) is 9.53 Å². The number of rotatable bonds is 0. The second-order valence-corrected chi connectivity index (χ2v) is 6.36. The van der Waals surface area contributed by atoms with E-state index < -0.39 is 11.7 Å². The highest BCUT2D eigenvalue weighted by Gasteiger charge is 2.57. The number of fused-ring (bicyclic) bond motifs is 2. The predicted molar refractivity (Wildman–Crippen MR) is 63.3 cm³/mol. The van der Waals surface area contributed by atoms with Crippen LogP contribution in [0.3, 0.4) is 0 Å². The topological polar surface area (TPSA) is 46.6 Å². The molecule has 4 nitrogen and oxygen atoms in total. The van der Waals surface area contributed by atoms with Gasteiger partial charge in [-0.2, -0.15) is 0 Å². The van der Waals surface area contributed by atoms with Gasteiger partial charge in [-0.3, -0.25) is 4.79 Å². The molecule has 2 rings (SSSR count).